The smallest absolute Gasteiger partial charge is 0.251 e. The number of carbonyl (C=O) groups excluding carboxylic acids is 1. The second-order valence-corrected chi connectivity index (χ2v) is 5.06. The third kappa shape index (κ3) is 3.14. The highest BCUT2D eigenvalue weighted by molar-refractivity contribution is 5.94. The third-order valence-electron chi connectivity index (χ3n) is 3.18. The molecule has 1 amide bonds. The van der Waals surface area contributed by atoms with E-state index in [1.165, 1.54) is 0 Å². The normalized spacial score (nSPS) is 14.1. The van der Waals surface area contributed by atoms with E-state index in [-0.39, 0.29) is 5.91 Å². The lowest BCUT2D eigenvalue weighted by atomic mass is 10.2. The van der Waals surface area contributed by atoms with Crippen molar-refractivity contribution >= 4 is 11.6 Å². The molecule has 2 aromatic rings. The summed E-state index contributed by atoms with van der Waals surface area (Å²) in [5.74, 6) is 0.00739. The molecule has 1 heterocycles. The van der Waals surface area contributed by atoms with Gasteiger partial charge < -0.3 is 10.6 Å². The van der Waals surface area contributed by atoms with Gasteiger partial charge >= 0.3 is 0 Å². The van der Waals surface area contributed by atoms with Crippen molar-refractivity contribution in [2.75, 3.05) is 5.32 Å². The number of rotatable bonds is 5. The lowest BCUT2D eigenvalue weighted by molar-refractivity contribution is 0.0951. The van der Waals surface area contributed by atoms with Crippen molar-refractivity contribution in [2.24, 2.45) is 7.05 Å². The average molecular weight is 271 g/mol. The van der Waals surface area contributed by atoms with Crippen molar-refractivity contribution in [3.8, 4) is 0 Å². The number of aryl methyl sites for hydroxylation is 1. The van der Waals surface area contributed by atoms with Crippen LogP contribution < -0.4 is 10.6 Å². The number of amides is 1. The minimum absolute atomic E-state index is 0.00739. The number of nitrogens with one attached hydrogen (secondary N) is 2. The van der Waals surface area contributed by atoms with Crippen molar-refractivity contribution in [1.82, 2.24) is 20.3 Å². The molecule has 1 fully saturated rings. The first-order valence-corrected chi connectivity index (χ1v) is 6.71. The minimum atomic E-state index is 0.00739. The molecule has 0 bridgehead atoms. The van der Waals surface area contributed by atoms with E-state index >= 15 is 0 Å². The van der Waals surface area contributed by atoms with E-state index in [0.717, 1.165) is 24.2 Å². The number of aromatic nitrogens is 3. The molecule has 1 aromatic heterocycles. The van der Waals surface area contributed by atoms with Crippen LogP contribution in [-0.2, 0) is 13.6 Å². The predicted molar refractivity (Wildman–Crippen MR) is 75.3 cm³/mol. The summed E-state index contributed by atoms with van der Waals surface area (Å²) in [7, 11) is 1.84. The first kappa shape index (κ1) is 12.7. The molecule has 0 aliphatic heterocycles. The molecule has 1 saturated carbocycles. The Morgan fingerprint density at radius 1 is 1.35 bits per heavy atom. The molecule has 0 atom stereocenters. The lowest BCUT2D eigenvalue weighted by Gasteiger charge is -2.06. The molecule has 20 heavy (non-hydrogen) atoms. The van der Waals surface area contributed by atoms with Crippen molar-refractivity contribution in [2.45, 2.75) is 25.4 Å². The van der Waals surface area contributed by atoms with Gasteiger partial charge in [-0.1, -0.05) is 5.21 Å². The zero-order valence-electron chi connectivity index (χ0n) is 11.3. The molecule has 1 aliphatic rings. The number of benzene rings is 1. The van der Waals surface area contributed by atoms with E-state index in [9.17, 15) is 4.79 Å². The molecule has 0 spiro atoms. The Morgan fingerprint density at radius 2 is 2.10 bits per heavy atom. The number of hydrogen-bond acceptors (Lipinski definition) is 4. The van der Waals surface area contributed by atoms with Crippen LogP contribution in [-0.4, -0.2) is 26.9 Å². The maximum absolute atomic E-state index is 11.8. The first-order chi connectivity index (χ1) is 9.70. The van der Waals surface area contributed by atoms with Gasteiger partial charge in [0.2, 0.25) is 0 Å². The Morgan fingerprint density at radius 3 is 2.70 bits per heavy atom. The van der Waals surface area contributed by atoms with Crippen LogP contribution in [0.3, 0.4) is 0 Å². The van der Waals surface area contributed by atoms with Gasteiger partial charge in [-0.05, 0) is 37.1 Å². The summed E-state index contributed by atoms with van der Waals surface area (Å²) in [5.41, 5.74) is 2.53. The number of nitrogens with zero attached hydrogens (tertiary/aromatic N) is 3. The molecule has 0 unspecified atom stereocenters. The molecule has 6 nitrogen and oxygen atoms in total. The van der Waals surface area contributed by atoms with Crippen LogP contribution in [0.2, 0.25) is 0 Å². The molecule has 104 valence electrons. The minimum Gasteiger partial charge on any atom is -0.379 e. The zero-order chi connectivity index (χ0) is 13.9. The molecular weight excluding hydrogens is 254 g/mol. The molecule has 1 aliphatic carbocycles. The maximum Gasteiger partial charge on any atom is 0.251 e. The fraction of sp³-hybridized carbons (Fsp3) is 0.357. The van der Waals surface area contributed by atoms with E-state index in [1.54, 1.807) is 4.68 Å². The molecular formula is C14H17N5O. The average Bonchev–Trinajstić information content (AvgIpc) is 3.17. The topological polar surface area (TPSA) is 71.8 Å². The SMILES string of the molecule is Cn1cc(CNc2ccc(C(=O)NC3CC3)cc2)nn1. The van der Waals surface area contributed by atoms with Crippen molar-refractivity contribution < 1.29 is 4.79 Å². The summed E-state index contributed by atoms with van der Waals surface area (Å²) in [6.07, 6.45) is 4.07. The molecule has 0 radical (unpaired) electrons. The Labute approximate surface area is 117 Å². The Kier molecular flexibility index (Phi) is 3.37. The molecule has 1 aromatic carbocycles. The fourth-order valence-corrected chi connectivity index (χ4v) is 1.90. The van der Waals surface area contributed by atoms with Crippen molar-refractivity contribution in [3.05, 3.63) is 41.7 Å². The standard InChI is InChI=1S/C14H17N5O/c1-19-9-13(17-18-19)8-15-11-4-2-10(3-5-11)14(20)16-12-6-7-12/h2-5,9,12,15H,6-8H2,1H3,(H,16,20). The van der Waals surface area contributed by atoms with Crippen LogP contribution in [0, 0.1) is 0 Å². The van der Waals surface area contributed by atoms with E-state index in [4.69, 9.17) is 0 Å². The van der Waals surface area contributed by atoms with E-state index in [2.05, 4.69) is 20.9 Å². The summed E-state index contributed by atoms with van der Waals surface area (Å²) in [6.45, 7) is 0.613. The monoisotopic (exact) mass is 271 g/mol. The van der Waals surface area contributed by atoms with Crippen LogP contribution in [0.1, 0.15) is 28.9 Å². The van der Waals surface area contributed by atoms with Gasteiger partial charge in [0.15, 0.2) is 0 Å². The predicted octanol–water partition coefficient (Wildman–Crippen LogP) is 1.32. The van der Waals surface area contributed by atoms with Crippen LogP contribution in [0.25, 0.3) is 0 Å². The maximum atomic E-state index is 11.8. The van der Waals surface area contributed by atoms with E-state index < -0.39 is 0 Å². The fourth-order valence-electron chi connectivity index (χ4n) is 1.90. The van der Waals surface area contributed by atoms with Crippen molar-refractivity contribution in [3.63, 3.8) is 0 Å². The molecule has 0 saturated heterocycles. The van der Waals surface area contributed by atoms with Crippen LogP contribution in [0.5, 0.6) is 0 Å². The second kappa shape index (κ2) is 5.32. The van der Waals surface area contributed by atoms with Gasteiger partial charge in [-0.3, -0.25) is 9.48 Å². The lowest BCUT2D eigenvalue weighted by Crippen LogP contribution is -2.25. The second-order valence-electron chi connectivity index (χ2n) is 5.06. The highest BCUT2D eigenvalue weighted by Gasteiger charge is 2.23. The zero-order valence-corrected chi connectivity index (χ0v) is 11.3. The molecule has 2 N–H and O–H groups in total. The van der Waals surface area contributed by atoms with Gasteiger partial charge in [0.05, 0.1) is 6.54 Å². The Balaban J connectivity index is 1.56. The van der Waals surface area contributed by atoms with Gasteiger partial charge in [0.1, 0.15) is 5.69 Å². The van der Waals surface area contributed by atoms with Crippen molar-refractivity contribution in [1.29, 1.82) is 0 Å². The molecule has 3 rings (SSSR count). The summed E-state index contributed by atoms with van der Waals surface area (Å²) in [4.78, 5) is 11.8. The number of carbonyl (C=O) groups is 1. The van der Waals surface area contributed by atoms with Crippen LogP contribution in [0.4, 0.5) is 5.69 Å². The summed E-state index contributed by atoms with van der Waals surface area (Å²) in [6, 6.07) is 7.85. The van der Waals surface area contributed by atoms with Gasteiger partial charge in [0.25, 0.3) is 5.91 Å². The quantitative estimate of drug-likeness (QED) is 0.860. The van der Waals surface area contributed by atoms with Crippen LogP contribution in [0.15, 0.2) is 30.5 Å². The summed E-state index contributed by atoms with van der Waals surface area (Å²) >= 11 is 0. The number of hydrogen-bond donors (Lipinski definition) is 2. The number of anilines is 1. The van der Waals surface area contributed by atoms with Gasteiger partial charge in [0, 0.05) is 30.5 Å². The van der Waals surface area contributed by atoms with Gasteiger partial charge in [-0.15, -0.1) is 5.10 Å². The largest absolute Gasteiger partial charge is 0.379 e. The van der Waals surface area contributed by atoms with Gasteiger partial charge in [-0.2, -0.15) is 0 Å². The Bertz CT molecular complexity index is 600. The first-order valence-electron chi connectivity index (χ1n) is 6.71. The van der Waals surface area contributed by atoms with Gasteiger partial charge in [-0.25, -0.2) is 0 Å². The summed E-state index contributed by atoms with van der Waals surface area (Å²) < 4.78 is 1.67. The third-order valence-corrected chi connectivity index (χ3v) is 3.18. The summed E-state index contributed by atoms with van der Waals surface area (Å²) in [5, 5.41) is 14.1. The highest BCUT2D eigenvalue weighted by atomic mass is 16.1. The van der Waals surface area contributed by atoms with E-state index in [1.807, 2.05) is 37.5 Å². The highest BCUT2D eigenvalue weighted by Crippen LogP contribution is 2.19. The van der Waals surface area contributed by atoms with E-state index in [0.29, 0.717) is 18.2 Å². The molecule has 6 heteroatoms. The Hall–Kier alpha value is -2.37. The van der Waals surface area contributed by atoms with Crippen LogP contribution >= 0.6 is 0 Å².